The predicted octanol–water partition coefficient (Wildman–Crippen LogP) is 4.64. The van der Waals surface area contributed by atoms with Crippen LogP contribution in [0.3, 0.4) is 0 Å². The van der Waals surface area contributed by atoms with E-state index in [4.69, 9.17) is 22.1 Å². The van der Waals surface area contributed by atoms with E-state index in [1.165, 1.54) is 0 Å². The van der Waals surface area contributed by atoms with E-state index >= 15 is 0 Å². The zero-order valence-electron chi connectivity index (χ0n) is 12.4. The molecular formula is C18H16ClN3O. The summed E-state index contributed by atoms with van der Waals surface area (Å²) in [6, 6.07) is 18.8. The van der Waals surface area contributed by atoms with E-state index in [0.717, 1.165) is 22.0 Å². The van der Waals surface area contributed by atoms with Gasteiger partial charge in [-0.3, -0.25) is 0 Å². The van der Waals surface area contributed by atoms with Gasteiger partial charge in [-0.05, 0) is 54.1 Å². The number of nitrogens with one attached hydrogen (secondary N) is 1. The molecule has 0 aliphatic rings. The molecule has 0 bridgehead atoms. The fourth-order valence-electron chi connectivity index (χ4n) is 2.04. The Hall–Kier alpha value is -2.72. The van der Waals surface area contributed by atoms with Crippen molar-refractivity contribution >= 4 is 28.8 Å². The highest BCUT2D eigenvalue weighted by Gasteiger charge is 2.01. The average Bonchev–Trinajstić information content (AvgIpc) is 2.58. The first-order valence-electron chi connectivity index (χ1n) is 7.15. The van der Waals surface area contributed by atoms with Gasteiger partial charge in [0, 0.05) is 16.9 Å². The molecule has 3 aromatic rings. The van der Waals surface area contributed by atoms with Crippen molar-refractivity contribution in [2.45, 2.75) is 6.61 Å². The summed E-state index contributed by atoms with van der Waals surface area (Å²) in [5.41, 5.74) is 8.43. The molecule has 0 unspecified atom stereocenters. The van der Waals surface area contributed by atoms with Crippen molar-refractivity contribution in [1.29, 1.82) is 0 Å². The maximum Gasteiger partial charge on any atom is 0.153 e. The molecule has 116 valence electrons. The Morgan fingerprint density at radius 1 is 1.00 bits per heavy atom. The summed E-state index contributed by atoms with van der Waals surface area (Å²) in [7, 11) is 0. The Kier molecular flexibility index (Phi) is 4.64. The minimum atomic E-state index is 0.497. The van der Waals surface area contributed by atoms with Crippen LogP contribution in [0.2, 0.25) is 5.02 Å². The van der Waals surface area contributed by atoms with E-state index in [2.05, 4.69) is 10.3 Å². The number of nitrogens with two attached hydrogens (primary N) is 1. The number of halogens is 1. The number of aromatic nitrogens is 1. The van der Waals surface area contributed by atoms with Crippen LogP contribution in [0.5, 0.6) is 5.75 Å². The van der Waals surface area contributed by atoms with Gasteiger partial charge in [0.15, 0.2) is 5.82 Å². The van der Waals surface area contributed by atoms with Gasteiger partial charge in [0.2, 0.25) is 0 Å². The van der Waals surface area contributed by atoms with Crippen LogP contribution >= 0.6 is 11.6 Å². The van der Waals surface area contributed by atoms with Gasteiger partial charge in [-0.1, -0.05) is 23.7 Å². The molecule has 2 aromatic carbocycles. The zero-order valence-corrected chi connectivity index (χ0v) is 13.1. The smallest absolute Gasteiger partial charge is 0.153 e. The van der Waals surface area contributed by atoms with Gasteiger partial charge in [-0.15, -0.1) is 0 Å². The summed E-state index contributed by atoms with van der Waals surface area (Å²) in [6.45, 7) is 0.497. The topological polar surface area (TPSA) is 60.2 Å². The number of anilines is 3. The molecule has 3 rings (SSSR count). The van der Waals surface area contributed by atoms with Gasteiger partial charge in [0.1, 0.15) is 12.4 Å². The Morgan fingerprint density at radius 2 is 1.74 bits per heavy atom. The summed E-state index contributed by atoms with van der Waals surface area (Å²) >= 11 is 5.86. The fraction of sp³-hybridized carbons (Fsp3) is 0.0556. The van der Waals surface area contributed by atoms with E-state index in [0.29, 0.717) is 18.1 Å². The molecule has 3 N–H and O–H groups in total. The molecular weight excluding hydrogens is 310 g/mol. The molecule has 0 aliphatic carbocycles. The third-order valence-electron chi connectivity index (χ3n) is 3.27. The lowest BCUT2D eigenvalue weighted by Gasteiger charge is -2.10. The molecule has 23 heavy (non-hydrogen) atoms. The summed E-state index contributed by atoms with van der Waals surface area (Å²) < 4.78 is 5.75. The van der Waals surface area contributed by atoms with Gasteiger partial charge in [0.25, 0.3) is 0 Å². The number of hydrogen-bond donors (Lipinski definition) is 2. The van der Waals surface area contributed by atoms with E-state index in [1.54, 1.807) is 18.3 Å². The second kappa shape index (κ2) is 7.03. The maximum atomic E-state index is 5.86. The van der Waals surface area contributed by atoms with E-state index in [9.17, 15) is 0 Å². The molecule has 0 saturated carbocycles. The van der Waals surface area contributed by atoms with Crippen LogP contribution in [0.25, 0.3) is 0 Å². The van der Waals surface area contributed by atoms with Crippen LogP contribution in [-0.4, -0.2) is 4.98 Å². The zero-order chi connectivity index (χ0) is 16.1. The predicted molar refractivity (Wildman–Crippen MR) is 94.2 cm³/mol. The number of rotatable bonds is 5. The molecule has 0 radical (unpaired) electrons. The quantitative estimate of drug-likeness (QED) is 0.717. The largest absolute Gasteiger partial charge is 0.489 e. The number of ether oxygens (including phenoxy) is 1. The third-order valence-corrected chi connectivity index (χ3v) is 3.53. The molecule has 0 atom stereocenters. The number of hydrogen-bond acceptors (Lipinski definition) is 4. The average molecular weight is 326 g/mol. The molecule has 0 amide bonds. The monoisotopic (exact) mass is 325 g/mol. The highest BCUT2D eigenvalue weighted by Crippen LogP contribution is 2.22. The standard InChI is InChI=1S/C18H16ClN3O/c19-14-5-3-13(4-6-14)12-23-16-9-7-15(8-10-16)22-18-17(20)2-1-11-21-18/h1-11H,12,20H2,(H,21,22). The van der Waals surface area contributed by atoms with Gasteiger partial charge < -0.3 is 15.8 Å². The van der Waals surface area contributed by atoms with Crippen LogP contribution in [0, 0.1) is 0 Å². The lowest BCUT2D eigenvalue weighted by atomic mass is 10.2. The first-order chi connectivity index (χ1) is 11.2. The van der Waals surface area contributed by atoms with Crippen molar-refractivity contribution in [2.75, 3.05) is 11.1 Å². The summed E-state index contributed by atoms with van der Waals surface area (Å²) in [4.78, 5) is 4.20. The lowest BCUT2D eigenvalue weighted by molar-refractivity contribution is 0.306. The number of nitrogens with zero attached hydrogens (tertiary/aromatic N) is 1. The maximum absolute atomic E-state index is 5.86. The molecule has 0 saturated heterocycles. The van der Waals surface area contributed by atoms with Crippen molar-refractivity contribution in [3.63, 3.8) is 0 Å². The minimum absolute atomic E-state index is 0.497. The molecule has 4 nitrogen and oxygen atoms in total. The van der Waals surface area contributed by atoms with Gasteiger partial charge >= 0.3 is 0 Å². The molecule has 1 aromatic heterocycles. The van der Waals surface area contributed by atoms with E-state index < -0.39 is 0 Å². The van der Waals surface area contributed by atoms with Crippen LogP contribution < -0.4 is 15.8 Å². The Bertz CT molecular complexity index is 773. The Balaban J connectivity index is 1.61. The molecule has 1 heterocycles. The van der Waals surface area contributed by atoms with Crippen LogP contribution in [0.4, 0.5) is 17.2 Å². The molecule has 5 heteroatoms. The SMILES string of the molecule is Nc1cccnc1Nc1ccc(OCc2ccc(Cl)cc2)cc1. The van der Waals surface area contributed by atoms with Crippen LogP contribution in [0.15, 0.2) is 66.9 Å². The summed E-state index contributed by atoms with van der Waals surface area (Å²) in [6.07, 6.45) is 1.70. The first kappa shape index (κ1) is 15.2. The Labute approximate surface area is 139 Å². The first-order valence-corrected chi connectivity index (χ1v) is 7.53. The molecule has 0 aliphatic heterocycles. The highest BCUT2D eigenvalue weighted by molar-refractivity contribution is 6.30. The van der Waals surface area contributed by atoms with Crippen LogP contribution in [-0.2, 0) is 6.61 Å². The number of benzene rings is 2. The van der Waals surface area contributed by atoms with E-state index in [-0.39, 0.29) is 0 Å². The van der Waals surface area contributed by atoms with Crippen molar-refractivity contribution < 1.29 is 4.74 Å². The number of pyridine rings is 1. The van der Waals surface area contributed by atoms with Crippen molar-refractivity contribution in [3.05, 3.63) is 77.4 Å². The highest BCUT2D eigenvalue weighted by atomic mass is 35.5. The molecule has 0 spiro atoms. The second-order valence-corrected chi connectivity index (χ2v) is 5.44. The second-order valence-electron chi connectivity index (χ2n) is 5.01. The van der Waals surface area contributed by atoms with Gasteiger partial charge in [-0.2, -0.15) is 0 Å². The van der Waals surface area contributed by atoms with Crippen molar-refractivity contribution in [2.24, 2.45) is 0 Å². The third kappa shape index (κ3) is 4.14. The van der Waals surface area contributed by atoms with Crippen LogP contribution in [0.1, 0.15) is 5.56 Å². The van der Waals surface area contributed by atoms with Gasteiger partial charge in [0.05, 0.1) is 5.69 Å². The normalized spacial score (nSPS) is 10.3. The molecule has 0 fully saturated rings. The number of nitrogen functional groups attached to an aromatic ring is 1. The summed E-state index contributed by atoms with van der Waals surface area (Å²) in [5, 5.41) is 3.89. The van der Waals surface area contributed by atoms with Gasteiger partial charge in [-0.25, -0.2) is 4.98 Å². The Morgan fingerprint density at radius 3 is 2.43 bits per heavy atom. The minimum Gasteiger partial charge on any atom is -0.489 e. The van der Waals surface area contributed by atoms with Crippen molar-refractivity contribution in [3.8, 4) is 5.75 Å². The van der Waals surface area contributed by atoms with E-state index in [1.807, 2.05) is 48.5 Å². The lowest BCUT2D eigenvalue weighted by Crippen LogP contribution is -1.99. The summed E-state index contributed by atoms with van der Waals surface area (Å²) in [5.74, 6) is 1.43. The van der Waals surface area contributed by atoms with Crippen molar-refractivity contribution in [1.82, 2.24) is 4.98 Å². The fourth-order valence-corrected chi connectivity index (χ4v) is 2.17.